The summed E-state index contributed by atoms with van der Waals surface area (Å²) in [7, 11) is 1.74. The van der Waals surface area contributed by atoms with Gasteiger partial charge in [-0.3, -0.25) is 9.36 Å². The van der Waals surface area contributed by atoms with Crippen LogP contribution in [-0.4, -0.2) is 41.2 Å². The lowest BCUT2D eigenvalue weighted by atomic mass is 9.77. The highest BCUT2D eigenvalue weighted by atomic mass is 32.1. The van der Waals surface area contributed by atoms with E-state index in [1.165, 1.54) is 27.0 Å². The Morgan fingerprint density at radius 3 is 2.84 bits per heavy atom. The van der Waals surface area contributed by atoms with Crippen molar-refractivity contribution in [3.63, 3.8) is 0 Å². The minimum Gasteiger partial charge on any atom is -0.496 e. The summed E-state index contributed by atoms with van der Waals surface area (Å²) in [5.74, 6) is 2.11. The molecule has 0 unspecified atom stereocenters. The molecule has 0 spiro atoms. The molecular weight excluding hydrogens is 422 g/mol. The summed E-state index contributed by atoms with van der Waals surface area (Å²) in [5, 5.41) is 0.937. The Kier molecular flexibility index (Phi) is 4.69. The number of hydrogen-bond acceptors (Lipinski definition) is 5. The van der Waals surface area contributed by atoms with E-state index in [2.05, 4.69) is 28.1 Å². The highest BCUT2D eigenvalue weighted by Gasteiger charge is 2.38. The van der Waals surface area contributed by atoms with Gasteiger partial charge in [-0.15, -0.1) is 11.3 Å². The number of ether oxygens (including phenoxy) is 1. The molecule has 6 nitrogen and oxygen atoms in total. The molecule has 3 heterocycles. The van der Waals surface area contributed by atoms with Gasteiger partial charge in [0.2, 0.25) is 0 Å². The van der Waals surface area contributed by atoms with Crippen LogP contribution < -0.4 is 16.0 Å². The van der Waals surface area contributed by atoms with Crippen molar-refractivity contribution in [1.82, 2.24) is 14.5 Å². The molecule has 1 N–H and O–H groups in total. The lowest BCUT2D eigenvalue weighted by molar-refractivity contribution is 0.303. The number of hydrogen-bond donors (Lipinski definition) is 1. The Bertz CT molecular complexity index is 1450. The van der Waals surface area contributed by atoms with Crippen molar-refractivity contribution in [3.8, 4) is 5.75 Å². The molecule has 6 rings (SSSR count). The number of nitrogens with zero attached hydrogens (tertiary/aromatic N) is 2. The van der Waals surface area contributed by atoms with Gasteiger partial charge in [0, 0.05) is 42.2 Å². The number of nitrogens with one attached hydrogen (secondary N) is 1. The lowest BCUT2D eigenvalue weighted by Crippen LogP contribution is -2.38. The van der Waals surface area contributed by atoms with Crippen molar-refractivity contribution >= 4 is 31.6 Å². The minimum absolute atomic E-state index is 0.184. The summed E-state index contributed by atoms with van der Waals surface area (Å²) in [6.45, 7) is 3.08. The van der Waals surface area contributed by atoms with Gasteiger partial charge in [0.05, 0.1) is 12.6 Å². The van der Waals surface area contributed by atoms with Crippen LogP contribution >= 0.6 is 11.3 Å². The number of aromatic amines is 1. The van der Waals surface area contributed by atoms with Crippen LogP contribution in [0, 0.1) is 5.92 Å². The molecule has 0 saturated carbocycles. The molecule has 2 atom stereocenters. The molecule has 164 valence electrons. The highest BCUT2D eigenvalue weighted by molar-refractivity contribution is 7.25. The van der Waals surface area contributed by atoms with Gasteiger partial charge < -0.3 is 14.6 Å². The van der Waals surface area contributed by atoms with Gasteiger partial charge in [0.1, 0.15) is 10.4 Å². The van der Waals surface area contributed by atoms with Crippen molar-refractivity contribution in [2.24, 2.45) is 5.92 Å². The molecule has 4 aromatic rings. The number of fused-ring (bicyclic) bond motifs is 6. The molecule has 1 aliphatic carbocycles. The first kappa shape index (κ1) is 19.8. The fourth-order valence-corrected chi connectivity index (χ4v) is 6.77. The zero-order valence-electron chi connectivity index (χ0n) is 18.0. The molecule has 2 aromatic heterocycles. The fraction of sp³-hybridized carbons (Fsp3) is 0.360. The summed E-state index contributed by atoms with van der Waals surface area (Å²) >= 11 is 1.45. The van der Waals surface area contributed by atoms with Crippen LogP contribution in [0.5, 0.6) is 5.75 Å². The van der Waals surface area contributed by atoms with Crippen LogP contribution in [0.3, 0.4) is 0 Å². The van der Waals surface area contributed by atoms with Crippen LogP contribution in [0.4, 0.5) is 0 Å². The van der Waals surface area contributed by atoms with Crippen LogP contribution in [-0.2, 0) is 13.0 Å². The predicted molar refractivity (Wildman–Crippen MR) is 128 cm³/mol. The molecule has 7 heteroatoms. The number of methoxy groups -OCH3 is 1. The van der Waals surface area contributed by atoms with E-state index < -0.39 is 0 Å². The smallest absolute Gasteiger partial charge is 0.328 e. The third kappa shape index (κ3) is 3.03. The molecule has 1 saturated heterocycles. The summed E-state index contributed by atoms with van der Waals surface area (Å²) in [4.78, 5) is 31.3. The molecule has 1 fully saturated rings. The van der Waals surface area contributed by atoms with Gasteiger partial charge in [-0.2, -0.15) is 0 Å². The Hall–Kier alpha value is -2.90. The summed E-state index contributed by atoms with van der Waals surface area (Å²) in [6.07, 6.45) is 2.21. The number of H-pyrrole nitrogens is 1. The van der Waals surface area contributed by atoms with Gasteiger partial charge >= 0.3 is 5.69 Å². The van der Waals surface area contributed by atoms with E-state index in [1.54, 1.807) is 7.11 Å². The van der Waals surface area contributed by atoms with Crippen molar-refractivity contribution in [2.45, 2.75) is 25.3 Å². The summed E-state index contributed by atoms with van der Waals surface area (Å²) in [6, 6.07) is 14.2. The number of thiophene rings is 1. The van der Waals surface area contributed by atoms with E-state index in [0.717, 1.165) is 41.8 Å². The molecule has 0 bridgehead atoms. The maximum Gasteiger partial charge on any atom is 0.328 e. The van der Waals surface area contributed by atoms with Gasteiger partial charge in [0.15, 0.2) is 0 Å². The Morgan fingerprint density at radius 1 is 1.09 bits per heavy atom. The minimum atomic E-state index is -0.322. The number of aromatic nitrogens is 2. The average molecular weight is 448 g/mol. The quantitative estimate of drug-likeness (QED) is 0.519. The Labute approximate surface area is 189 Å². The van der Waals surface area contributed by atoms with Gasteiger partial charge in [-0.25, -0.2) is 4.79 Å². The van der Waals surface area contributed by atoms with E-state index in [4.69, 9.17) is 4.74 Å². The first-order valence-electron chi connectivity index (χ1n) is 11.2. The molecule has 2 aliphatic rings. The van der Waals surface area contributed by atoms with Crippen LogP contribution in [0.1, 0.15) is 23.5 Å². The second kappa shape index (κ2) is 7.60. The van der Waals surface area contributed by atoms with E-state index in [0.29, 0.717) is 35.1 Å². The third-order valence-electron chi connectivity index (χ3n) is 7.22. The molecule has 1 aliphatic heterocycles. The predicted octanol–water partition coefficient (Wildman–Crippen LogP) is 3.57. The van der Waals surface area contributed by atoms with Crippen LogP contribution in [0.25, 0.3) is 20.3 Å². The van der Waals surface area contributed by atoms with Crippen molar-refractivity contribution in [2.75, 3.05) is 26.7 Å². The first-order chi connectivity index (χ1) is 15.6. The van der Waals surface area contributed by atoms with Crippen molar-refractivity contribution in [1.29, 1.82) is 0 Å². The fourth-order valence-electron chi connectivity index (χ4n) is 5.66. The van der Waals surface area contributed by atoms with Crippen molar-refractivity contribution < 1.29 is 4.74 Å². The Morgan fingerprint density at radius 2 is 1.97 bits per heavy atom. The average Bonchev–Trinajstić information content (AvgIpc) is 3.40. The molecular formula is C25H25N3O3S. The number of rotatable bonds is 4. The number of likely N-dealkylation sites (tertiary alicyclic amines) is 1. The monoisotopic (exact) mass is 447 g/mol. The largest absolute Gasteiger partial charge is 0.496 e. The molecule has 2 aromatic carbocycles. The van der Waals surface area contributed by atoms with Crippen molar-refractivity contribution in [3.05, 3.63) is 74.4 Å². The van der Waals surface area contributed by atoms with Crippen LogP contribution in [0.15, 0.2) is 52.1 Å². The third-order valence-corrected chi connectivity index (χ3v) is 8.38. The van der Waals surface area contributed by atoms with Gasteiger partial charge in [-0.05, 0) is 42.0 Å². The van der Waals surface area contributed by atoms with E-state index in [9.17, 15) is 9.59 Å². The summed E-state index contributed by atoms with van der Waals surface area (Å²) < 4.78 is 8.61. The number of benzene rings is 2. The summed E-state index contributed by atoms with van der Waals surface area (Å²) in [5.41, 5.74) is 2.91. The first-order valence-corrected chi connectivity index (χ1v) is 12.0. The van der Waals surface area contributed by atoms with E-state index in [-0.39, 0.29) is 11.2 Å². The zero-order chi connectivity index (χ0) is 21.8. The Balaban J connectivity index is 1.25. The second-order valence-electron chi connectivity index (χ2n) is 8.88. The topological polar surface area (TPSA) is 67.3 Å². The van der Waals surface area contributed by atoms with E-state index >= 15 is 0 Å². The zero-order valence-corrected chi connectivity index (χ0v) is 18.8. The van der Waals surface area contributed by atoms with Crippen LogP contribution in [0.2, 0.25) is 0 Å². The standard InChI is InChI=1S/C25H25N3O3S/c1-31-20-7-4-6-16-17(20)10-9-15-13-27(14-19(15)16)11-12-28-24(29)23-22(26-25(28)30)18-5-2-3-8-21(18)32-23/h2-8,15,19H,9-14H2,1H3,(H,26,30)/t15-,19-/m1/s1. The lowest BCUT2D eigenvalue weighted by Gasteiger charge is -2.28. The van der Waals surface area contributed by atoms with Gasteiger partial charge in [0.25, 0.3) is 5.56 Å². The second-order valence-corrected chi connectivity index (χ2v) is 9.93. The highest BCUT2D eigenvalue weighted by Crippen LogP contribution is 2.44. The maximum absolute atomic E-state index is 13.1. The molecule has 0 amide bonds. The maximum atomic E-state index is 13.1. The molecule has 32 heavy (non-hydrogen) atoms. The SMILES string of the molecule is COc1cccc2c1CC[C@@H]1CN(CCn3c(=O)[nH]c4c(sc5ccccc54)c3=O)C[C@@H]21. The van der Waals surface area contributed by atoms with Gasteiger partial charge in [-0.1, -0.05) is 30.3 Å². The normalized spacial score (nSPS) is 20.5. The molecule has 0 radical (unpaired) electrons. The van der Waals surface area contributed by atoms with E-state index in [1.807, 2.05) is 24.3 Å².